The number of nitrogen functional groups attached to an aromatic ring is 1. The van der Waals surface area contributed by atoms with Crippen molar-refractivity contribution in [3.05, 3.63) is 42.0 Å². The van der Waals surface area contributed by atoms with E-state index in [-0.39, 0.29) is 29.8 Å². The summed E-state index contributed by atoms with van der Waals surface area (Å²) in [5.74, 6) is 0.446. The Labute approximate surface area is 210 Å². The lowest BCUT2D eigenvalue weighted by Crippen LogP contribution is -2.45. The highest BCUT2D eigenvalue weighted by Crippen LogP contribution is 2.34. The van der Waals surface area contributed by atoms with Crippen LogP contribution in [0.4, 0.5) is 10.3 Å². The molecule has 36 heavy (non-hydrogen) atoms. The lowest BCUT2D eigenvalue weighted by Gasteiger charge is -2.37. The minimum Gasteiger partial charge on any atom is -0.462 e. The van der Waals surface area contributed by atoms with Crippen LogP contribution in [0.15, 0.2) is 30.6 Å². The number of halogens is 1. The van der Waals surface area contributed by atoms with Crippen LogP contribution >= 0.6 is 0 Å². The molecule has 0 aliphatic carbocycles. The predicted octanol–water partition coefficient (Wildman–Crippen LogP) is 2.83. The Morgan fingerprint density at radius 2 is 1.94 bits per heavy atom. The second kappa shape index (κ2) is 10.4. The Balaban J connectivity index is 1.18. The van der Waals surface area contributed by atoms with Crippen molar-refractivity contribution in [3.8, 4) is 6.01 Å². The summed E-state index contributed by atoms with van der Waals surface area (Å²) >= 11 is 0. The number of fused-ring (bicyclic) bond motifs is 1. The number of carbonyl (C=O) groups is 1. The number of benzene rings is 1. The van der Waals surface area contributed by atoms with Crippen LogP contribution in [0.3, 0.4) is 0 Å². The normalized spacial score (nSPS) is 18.3. The molecular weight excluding hydrogens is 461 g/mol. The van der Waals surface area contributed by atoms with E-state index in [0.717, 1.165) is 56.4 Å². The van der Waals surface area contributed by atoms with Crippen molar-refractivity contribution < 1.29 is 18.9 Å². The first kappa shape index (κ1) is 24.4. The van der Waals surface area contributed by atoms with Crippen molar-refractivity contribution in [2.24, 2.45) is 5.92 Å². The molecule has 192 valence electrons. The fourth-order valence-electron chi connectivity index (χ4n) is 5.38. The number of nitrogens with zero attached hydrogens (tertiary/aromatic N) is 5. The standard InChI is InChI=1S/C26H34FN7O2/c1-17(2)36-26-31-22-13-20(27)3-4-23(22)34(26)21-7-11-33(12-8-21)24(35)19-5-9-32(10-6-19)16-18-14-29-25(28)30-15-18/h3-4,13-15,17,19,21H,5-12,16H2,1-2H3,(H2,28,29,30)/p+1. The third-order valence-electron chi connectivity index (χ3n) is 7.22. The molecule has 2 fully saturated rings. The summed E-state index contributed by atoms with van der Waals surface area (Å²) < 4.78 is 21.9. The SMILES string of the molecule is CC(C)Oc1nc2cc(F)ccc2n1C1CCN(C(=O)C2CCN(Cc3cnc(N)[nH+]c3)CC2)CC1. The van der Waals surface area contributed by atoms with Gasteiger partial charge in [-0.3, -0.25) is 20.0 Å². The molecule has 2 aliphatic rings. The first-order chi connectivity index (χ1) is 17.4. The first-order valence-corrected chi connectivity index (χ1v) is 12.8. The number of likely N-dealkylation sites (tertiary alicyclic amines) is 2. The van der Waals surface area contributed by atoms with Gasteiger partial charge in [0.05, 0.1) is 23.3 Å². The lowest BCUT2D eigenvalue weighted by molar-refractivity contribution is -0.365. The highest BCUT2D eigenvalue weighted by molar-refractivity contribution is 5.79. The van der Waals surface area contributed by atoms with Gasteiger partial charge in [0.25, 0.3) is 6.01 Å². The van der Waals surface area contributed by atoms with Crippen LogP contribution < -0.4 is 15.5 Å². The molecule has 3 N–H and O–H groups in total. The van der Waals surface area contributed by atoms with Crippen molar-refractivity contribution in [1.29, 1.82) is 0 Å². The average molecular weight is 497 g/mol. The minimum atomic E-state index is -0.307. The molecule has 0 radical (unpaired) electrons. The Hall–Kier alpha value is -3.27. The molecule has 3 aromatic rings. The van der Waals surface area contributed by atoms with Crippen molar-refractivity contribution in [3.63, 3.8) is 0 Å². The van der Waals surface area contributed by atoms with E-state index in [0.29, 0.717) is 30.6 Å². The molecular formula is C26H35FN7O2+. The highest BCUT2D eigenvalue weighted by atomic mass is 19.1. The summed E-state index contributed by atoms with van der Waals surface area (Å²) in [6.45, 7) is 7.93. The fourth-order valence-corrected chi connectivity index (χ4v) is 5.38. The fraction of sp³-hybridized carbons (Fsp3) is 0.538. The third-order valence-corrected chi connectivity index (χ3v) is 7.22. The van der Waals surface area contributed by atoms with Gasteiger partial charge < -0.3 is 9.64 Å². The van der Waals surface area contributed by atoms with E-state index in [1.54, 1.807) is 12.3 Å². The van der Waals surface area contributed by atoms with Crippen molar-refractivity contribution >= 4 is 22.9 Å². The number of aromatic nitrogens is 4. The van der Waals surface area contributed by atoms with Gasteiger partial charge in [-0.1, -0.05) is 4.98 Å². The molecule has 2 aromatic heterocycles. The molecule has 2 saturated heterocycles. The minimum absolute atomic E-state index is 0.0349. The zero-order chi connectivity index (χ0) is 25.2. The second-order valence-electron chi connectivity index (χ2n) is 10.2. The third kappa shape index (κ3) is 5.28. The molecule has 1 aromatic carbocycles. The maximum absolute atomic E-state index is 13.8. The smallest absolute Gasteiger partial charge is 0.386 e. The van der Waals surface area contributed by atoms with Crippen LogP contribution in [-0.4, -0.2) is 62.5 Å². The van der Waals surface area contributed by atoms with Gasteiger partial charge in [-0.2, -0.15) is 4.98 Å². The van der Waals surface area contributed by atoms with Gasteiger partial charge in [0.15, 0.2) is 0 Å². The summed E-state index contributed by atoms with van der Waals surface area (Å²) in [5.41, 5.74) is 8.19. The number of carbonyl (C=O) groups excluding carboxylic acids is 1. The molecule has 0 spiro atoms. The molecule has 0 saturated carbocycles. The maximum Gasteiger partial charge on any atom is 0.386 e. The lowest BCUT2D eigenvalue weighted by atomic mass is 9.93. The van der Waals surface area contributed by atoms with E-state index in [4.69, 9.17) is 10.5 Å². The van der Waals surface area contributed by atoms with Crippen LogP contribution in [0.1, 0.15) is 51.1 Å². The largest absolute Gasteiger partial charge is 0.462 e. The van der Waals surface area contributed by atoms with Crippen molar-refractivity contribution in [2.75, 3.05) is 31.9 Å². The quantitative estimate of drug-likeness (QED) is 0.563. The summed E-state index contributed by atoms with van der Waals surface area (Å²) in [5, 5.41) is 0. The molecule has 5 rings (SSSR count). The zero-order valence-electron chi connectivity index (χ0n) is 21.0. The average Bonchev–Trinajstić information content (AvgIpc) is 3.21. The number of rotatable bonds is 6. The van der Waals surface area contributed by atoms with Crippen LogP contribution in [-0.2, 0) is 11.3 Å². The molecule has 0 bridgehead atoms. The number of nitrogens with two attached hydrogens (primary N) is 1. The number of piperidine rings is 2. The first-order valence-electron chi connectivity index (χ1n) is 12.8. The van der Waals surface area contributed by atoms with Crippen LogP contribution in [0, 0.1) is 11.7 Å². The summed E-state index contributed by atoms with van der Waals surface area (Å²) in [6.07, 6.45) is 7.04. The highest BCUT2D eigenvalue weighted by Gasteiger charge is 2.32. The van der Waals surface area contributed by atoms with Gasteiger partial charge in [-0.15, -0.1) is 0 Å². The molecule has 2 aliphatic heterocycles. The Bertz CT molecular complexity index is 1200. The topological polar surface area (TPSA) is 104 Å². The number of hydrogen-bond donors (Lipinski definition) is 1. The van der Waals surface area contributed by atoms with E-state index in [2.05, 4.69) is 24.4 Å². The van der Waals surface area contributed by atoms with Gasteiger partial charge >= 0.3 is 5.95 Å². The van der Waals surface area contributed by atoms with Crippen LogP contribution in [0.2, 0.25) is 0 Å². The number of aromatic amines is 1. The van der Waals surface area contributed by atoms with E-state index in [9.17, 15) is 9.18 Å². The van der Waals surface area contributed by atoms with E-state index >= 15 is 0 Å². The molecule has 0 unspecified atom stereocenters. The second-order valence-corrected chi connectivity index (χ2v) is 10.2. The molecule has 0 atom stereocenters. The van der Waals surface area contributed by atoms with Gasteiger partial charge in [0, 0.05) is 43.2 Å². The predicted molar refractivity (Wildman–Crippen MR) is 134 cm³/mol. The summed E-state index contributed by atoms with van der Waals surface area (Å²) in [6, 6.07) is 5.37. The zero-order valence-corrected chi connectivity index (χ0v) is 21.0. The Morgan fingerprint density at radius 3 is 2.61 bits per heavy atom. The number of amides is 1. The molecule has 10 heteroatoms. The number of ether oxygens (including phenoxy) is 1. The molecule has 1 amide bonds. The van der Waals surface area contributed by atoms with Gasteiger partial charge in [-0.05, 0) is 64.8 Å². The Morgan fingerprint density at radius 1 is 1.19 bits per heavy atom. The molecule has 9 nitrogen and oxygen atoms in total. The number of anilines is 1. The van der Waals surface area contributed by atoms with Gasteiger partial charge in [-0.25, -0.2) is 9.37 Å². The summed E-state index contributed by atoms with van der Waals surface area (Å²) in [4.78, 5) is 29.3. The van der Waals surface area contributed by atoms with E-state index in [1.165, 1.54) is 12.1 Å². The van der Waals surface area contributed by atoms with Gasteiger partial charge in [0.1, 0.15) is 12.0 Å². The van der Waals surface area contributed by atoms with Crippen LogP contribution in [0.5, 0.6) is 6.01 Å². The number of hydrogen-bond acceptors (Lipinski definition) is 6. The Kier molecular flexibility index (Phi) is 7.04. The summed E-state index contributed by atoms with van der Waals surface area (Å²) in [7, 11) is 0. The number of H-pyrrole nitrogens is 1. The van der Waals surface area contributed by atoms with Crippen molar-refractivity contribution in [2.45, 2.75) is 58.2 Å². The van der Waals surface area contributed by atoms with E-state index in [1.807, 2.05) is 24.9 Å². The van der Waals surface area contributed by atoms with Gasteiger partial charge in [0.2, 0.25) is 5.91 Å². The van der Waals surface area contributed by atoms with Crippen molar-refractivity contribution in [1.82, 2.24) is 24.3 Å². The number of nitrogens with one attached hydrogen (secondary N) is 1. The maximum atomic E-state index is 13.8. The van der Waals surface area contributed by atoms with Crippen LogP contribution in [0.25, 0.3) is 11.0 Å². The monoisotopic (exact) mass is 496 g/mol. The number of imidazole rings is 1. The van der Waals surface area contributed by atoms with E-state index < -0.39 is 0 Å². The molecule has 4 heterocycles.